The number of nitrogens with two attached hydrogens (primary N) is 1. The van der Waals surface area contributed by atoms with Gasteiger partial charge in [-0.2, -0.15) is 0 Å². The minimum atomic E-state index is -2.77. The van der Waals surface area contributed by atoms with Gasteiger partial charge in [-0.15, -0.1) is 0 Å². The maximum atomic E-state index is 13.7. The summed E-state index contributed by atoms with van der Waals surface area (Å²) in [7, 11) is 0. The molecule has 212 valence electrons. The van der Waals surface area contributed by atoms with Gasteiger partial charge in [-0.3, -0.25) is 14.6 Å². The molecular weight excluding hydrogens is 608 g/mol. The van der Waals surface area contributed by atoms with E-state index in [1.807, 2.05) is 0 Å². The van der Waals surface area contributed by atoms with Gasteiger partial charge in [-0.1, -0.05) is 33.6 Å². The first-order valence-electron chi connectivity index (χ1n) is 13.1. The third-order valence-electron chi connectivity index (χ3n) is 7.39. The number of pyridine rings is 1. The second-order valence-corrected chi connectivity index (χ2v) is 11.5. The van der Waals surface area contributed by atoms with Gasteiger partial charge in [-0.05, 0) is 42.5 Å². The molecule has 5 rings (SSSR count). The summed E-state index contributed by atoms with van der Waals surface area (Å²) in [4.78, 5) is 32.6. The van der Waals surface area contributed by atoms with E-state index in [0.29, 0.717) is 52.5 Å². The molecule has 2 saturated heterocycles. The molecule has 3 heterocycles. The smallest absolute Gasteiger partial charge is 0.256 e. The predicted octanol–water partition coefficient (Wildman–Crippen LogP) is 5.49. The average Bonchev–Trinajstić information content (AvgIpc) is 3.13. The quantitative estimate of drug-likeness (QED) is 0.320. The summed E-state index contributed by atoms with van der Waals surface area (Å²) in [6.07, 6.45) is 3.47. The molecule has 0 bridgehead atoms. The van der Waals surface area contributed by atoms with Crippen molar-refractivity contribution in [2.24, 2.45) is 0 Å². The molecule has 1 aromatic heterocycles. The number of likely N-dealkylation sites (tertiary alicyclic amines) is 1. The number of amides is 2. The zero-order valence-corrected chi connectivity index (χ0v) is 23.9. The third-order valence-corrected chi connectivity index (χ3v) is 8.08. The molecule has 2 aliphatic rings. The molecule has 2 aliphatic heterocycles. The molecule has 40 heavy (non-hydrogen) atoms. The number of hydrogen-bond acceptors (Lipinski definition) is 6. The van der Waals surface area contributed by atoms with Crippen LogP contribution in [-0.4, -0.2) is 66.0 Å². The number of benzene rings is 2. The van der Waals surface area contributed by atoms with E-state index in [-0.39, 0.29) is 55.4 Å². The number of hydrogen-bond donors (Lipinski definition) is 3. The van der Waals surface area contributed by atoms with Crippen LogP contribution in [0.3, 0.4) is 0 Å². The van der Waals surface area contributed by atoms with E-state index >= 15 is 0 Å². The van der Waals surface area contributed by atoms with Crippen molar-refractivity contribution in [3.05, 3.63) is 63.3 Å². The highest BCUT2D eigenvalue weighted by Crippen LogP contribution is 2.34. The van der Waals surface area contributed by atoms with Crippen molar-refractivity contribution in [3.8, 4) is 0 Å². The number of halogens is 4. The molecular formula is C28H29BrClF2N5O3. The van der Waals surface area contributed by atoms with E-state index in [1.165, 1.54) is 11.1 Å². The number of aromatic nitrogens is 1. The largest absolute Gasteiger partial charge is 0.397 e. The second-order valence-electron chi connectivity index (χ2n) is 10.1. The molecule has 2 amide bonds. The number of ether oxygens (including phenoxy) is 1. The van der Waals surface area contributed by atoms with Gasteiger partial charge in [0.1, 0.15) is 0 Å². The van der Waals surface area contributed by atoms with Gasteiger partial charge in [0.25, 0.3) is 17.7 Å². The van der Waals surface area contributed by atoms with E-state index < -0.39 is 5.92 Å². The monoisotopic (exact) mass is 635 g/mol. The molecule has 2 fully saturated rings. The first-order valence-corrected chi connectivity index (χ1v) is 14.2. The standard InChI is InChI=1S/C28H29BrClF2N5O3/c29-17-12-20(27(39)37-7-5-28(31,32)6-8-37)25(22(33)13-17)35-23-3-9-40-10-4-24(23)36-26(38)21-15-34-14-16-11-18(30)1-2-19(16)21/h1-2,11-15,23-24,35H,3-10,33H2,(H,36,38)/t23-,24+/m1/s1. The Bertz CT molecular complexity index is 1430. The molecule has 12 heteroatoms. The van der Waals surface area contributed by atoms with Crippen LogP contribution in [0.25, 0.3) is 10.8 Å². The highest BCUT2D eigenvalue weighted by atomic mass is 79.9. The van der Waals surface area contributed by atoms with Crippen molar-refractivity contribution in [3.63, 3.8) is 0 Å². The third kappa shape index (κ3) is 6.31. The Kier molecular flexibility index (Phi) is 8.44. The van der Waals surface area contributed by atoms with Crippen LogP contribution in [0.4, 0.5) is 20.2 Å². The maximum Gasteiger partial charge on any atom is 0.256 e. The maximum absolute atomic E-state index is 13.7. The fraction of sp³-hybridized carbons (Fsp3) is 0.393. The lowest BCUT2D eigenvalue weighted by Gasteiger charge is -2.33. The van der Waals surface area contributed by atoms with Crippen LogP contribution in [0.1, 0.15) is 46.4 Å². The van der Waals surface area contributed by atoms with Gasteiger partial charge in [0.2, 0.25) is 0 Å². The number of alkyl halides is 2. The number of carbonyl (C=O) groups is 2. The van der Waals surface area contributed by atoms with E-state index in [0.717, 1.165) is 10.8 Å². The number of nitrogens with zero attached hydrogens (tertiary/aromatic N) is 2. The number of nitrogens with one attached hydrogen (secondary N) is 2. The summed E-state index contributed by atoms with van der Waals surface area (Å²) in [5.74, 6) is -3.45. The van der Waals surface area contributed by atoms with Crippen LogP contribution in [0.2, 0.25) is 5.02 Å². The molecule has 0 saturated carbocycles. The van der Waals surface area contributed by atoms with Crippen LogP contribution in [0.5, 0.6) is 0 Å². The van der Waals surface area contributed by atoms with Crippen molar-refractivity contribution in [1.82, 2.24) is 15.2 Å². The van der Waals surface area contributed by atoms with Gasteiger partial charge < -0.3 is 26.0 Å². The van der Waals surface area contributed by atoms with Gasteiger partial charge in [-0.25, -0.2) is 8.78 Å². The Balaban J connectivity index is 1.40. The van der Waals surface area contributed by atoms with E-state index in [4.69, 9.17) is 22.1 Å². The molecule has 0 spiro atoms. The first kappa shape index (κ1) is 28.5. The van der Waals surface area contributed by atoms with Gasteiger partial charge >= 0.3 is 0 Å². The summed E-state index contributed by atoms with van der Waals surface area (Å²) >= 11 is 9.52. The van der Waals surface area contributed by atoms with E-state index in [2.05, 4.69) is 31.5 Å². The SMILES string of the molecule is Nc1cc(Br)cc(C(=O)N2CCC(F)(F)CC2)c1N[C@@H]1CCOCC[C@@H]1NC(=O)c1cncc2cc(Cl)ccc12. The number of carbonyl (C=O) groups excluding carboxylic acids is 2. The summed E-state index contributed by atoms with van der Waals surface area (Å²) < 4.78 is 33.8. The summed E-state index contributed by atoms with van der Waals surface area (Å²) in [6.45, 7) is 0.797. The number of rotatable bonds is 5. The summed E-state index contributed by atoms with van der Waals surface area (Å²) in [5, 5.41) is 8.55. The van der Waals surface area contributed by atoms with E-state index in [9.17, 15) is 18.4 Å². The lowest BCUT2D eigenvalue weighted by Crippen LogP contribution is -2.47. The summed E-state index contributed by atoms with van der Waals surface area (Å²) in [6, 6.07) is 7.89. The van der Waals surface area contributed by atoms with Crippen molar-refractivity contribution < 1.29 is 23.1 Å². The molecule has 0 unspecified atom stereocenters. The minimum Gasteiger partial charge on any atom is -0.397 e. The van der Waals surface area contributed by atoms with E-state index in [1.54, 1.807) is 36.5 Å². The minimum absolute atomic E-state index is 0.0437. The number of anilines is 2. The molecule has 3 aromatic rings. The Hall–Kier alpha value is -3.02. The Morgan fingerprint density at radius 1 is 1.07 bits per heavy atom. The highest BCUT2D eigenvalue weighted by molar-refractivity contribution is 9.10. The normalized spacial score (nSPS) is 21.1. The van der Waals surface area contributed by atoms with Gasteiger partial charge in [0, 0.05) is 72.5 Å². The molecule has 4 N–H and O–H groups in total. The number of piperidine rings is 1. The topological polar surface area (TPSA) is 110 Å². The van der Waals surface area contributed by atoms with Gasteiger partial charge in [0.05, 0.1) is 28.5 Å². The van der Waals surface area contributed by atoms with Crippen LogP contribution in [0.15, 0.2) is 47.2 Å². The fourth-order valence-corrected chi connectivity index (χ4v) is 5.85. The van der Waals surface area contributed by atoms with Crippen LogP contribution in [-0.2, 0) is 4.74 Å². The lowest BCUT2D eigenvalue weighted by molar-refractivity contribution is -0.0494. The average molecular weight is 637 g/mol. The number of nitrogen functional groups attached to an aromatic ring is 1. The Labute approximate surface area is 243 Å². The second kappa shape index (κ2) is 11.8. The summed E-state index contributed by atoms with van der Waals surface area (Å²) in [5.41, 5.74) is 7.80. The number of fused-ring (bicyclic) bond motifs is 1. The zero-order chi connectivity index (χ0) is 28.4. The fourth-order valence-electron chi connectivity index (χ4n) is 5.20. The first-order chi connectivity index (χ1) is 19.1. The molecule has 2 atom stereocenters. The van der Waals surface area contributed by atoms with Gasteiger partial charge in [0.15, 0.2) is 0 Å². The van der Waals surface area contributed by atoms with Crippen LogP contribution >= 0.6 is 27.5 Å². The molecule has 8 nitrogen and oxygen atoms in total. The van der Waals surface area contributed by atoms with Crippen LogP contribution < -0.4 is 16.4 Å². The zero-order valence-electron chi connectivity index (χ0n) is 21.6. The molecule has 0 radical (unpaired) electrons. The Morgan fingerprint density at radius 3 is 2.55 bits per heavy atom. The van der Waals surface area contributed by atoms with Crippen molar-refractivity contribution >= 4 is 61.5 Å². The van der Waals surface area contributed by atoms with Crippen molar-refractivity contribution in [2.45, 2.75) is 43.7 Å². The highest BCUT2D eigenvalue weighted by Gasteiger charge is 2.37. The molecule has 0 aliphatic carbocycles. The van der Waals surface area contributed by atoms with Crippen LogP contribution in [0, 0.1) is 0 Å². The molecule has 2 aromatic carbocycles. The lowest BCUT2D eigenvalue weighted by atomic mass is 9.99. The predicted molar refractivity (Wildman–Crippen MR) is 154 cm³/mol. The van der Waals surface area contributed by atoms with Crippen molar-refractivity contribution in [2.75, 3.05) is 37.4 Å². The van der Waals surface area contributed by atoms with Crippen molar-refractivity contribution in [1.29, 1.82) is 0 Å². The Morgan fingerprint density at radius 2 is 1.80 bits per heavy atom.